The SMILES string of the molecule is Cc1cccc(N[C@@H]2CC(=O)N(c3ccccc3Cl)C2=O)c1C. The van der Waals surface area contributed by atoms with E-state index in [4.69, 9.17) is 11.6 Å². The molecule has 3 rings (SSSR count). The number of para-hydroxylation sites is 1. The fourth-order valence-corrected chi connectivity index (χ4v) is 2.95. The van der Waals surface area contributed by atoms with E-state index in [0.29, 0.717) is 10.7 Å². The Labute approximate surface area is 140 Å². The Bertz CT molecular complexity index is 788. The van der Waals surface area contributed by atoms with Gasteiger partial charge in [0.25, 0.3) is 5.91 Å². The predicted molar refractivity (Wildman–Crippen MR) is 91.9 cm³/mol. The van der Waals surface area contributed by atoms with Crippen LogP contribution in [0.15, 0.2) is 42.5 Å². The van der Waals surface area contributed by atoms with Crippen LogP contribution in [0.2, 0.25) is 5.02 Å². The van der Waals surface area contributed by atoms with E-state index in [-0.39, 0.29) is 18.2 Å². The second-order valence-electron chi connectivity index (χ2n) is 5.67. The molecule has 0 bridgehead atoms. The number of carbonyl (C=O) groups is 2. The van der Waals surface area contributed by atoms with Gasteiger partial charge in [-0.15, -0.1) is 0 Å². The highest BCUT2D eigenvalue weighted by atomic mass is 35.5. The molecule has 0 unspecified atom stereocenters. The number of hydrogen-bond donors (Lipinski definition) is 1. The van der Waals surface area contributed by atoms with Crippen molar-refractivity contribution in [2.24, 2.45) is 0 Å². The molecule has 23 heavy (non-hydrogen) atoms. The smallest absolute Gasteiger partial charge is 0.256 e. The molecule has 2 aromatic carbocycles. The number of imide groups is 1. The topological polar surface area (TPSA) is 49.4 Å². The summed E-state index contributed by atoms with van der Waals surface area (Å²) in [6, 6.07) is 12.2. The lowest BCUT2D eigenvalue weighted by Crippen LogP contribution is -2.35. The number of amides is 2. The fourth-order valence-electron chi connectivity index (χ4n) is 2.73. The number of rotatable bonds is 3. The Morgan fingerprint density at radius 1 is 1.09 bits per heavy atom. The van der Waals surface area contributed by atoms with Gasteiger partial charge in [0.15, 0.2) is 0 Å². The molecule has 1 saturated heterocycles. The maximum absolute atomic E-state index is 12.7. The van der Waals surface area contributed by atoms with Gasteiger partial charge in [-0.25, -0.2) is 4.90 Å². The number of nitrogens with one attached hydrogen (secondary N) is 1. The number of anilines is 2. The molecule has 1 heterocycles. The predicted octanol–water partition coefficient (Wildman–Crippen LogP) is 3.70. The second-order valence-corrected chi connectivity index (χ2v) is 6.07. The molecule has 1 N–H and O–H groups in total. The van der Waals surface area contributed by atoms with Crippen molar-refractivity contribution in [3.63, 3.8) is 0 Å². The van der Waals surface area contributed by atoms with E-state index in [0.717, 1.165) is 16.8 Å². The third-order valence-corrected chi connectivity index (χ3v) is 4.49. The molecule has 2 amide bonds. The lowest BCUT2D eigenvalue weighted by molar-refractivity contribution is -0.121. The quantitative estimate of drug-likeness (QED) is 0.874. The van der Waals surface area contributed by atoms with Crippen molar-refractivity contribution in [1.29, 1.82) is 0 Å². The zero-order valence-corrected chi connectivity index (χ0v) is 13.7. The van der Waals surface area contributed by atoms with E-state index >= 15 is 0 Å². The van der Waals surface area contributed by atoms with Gasteiger partial charge in [0.1, 0.15) is 6.04 Å². The van der Waals surface area contributed by atoms with Crippen LogP contribution >= 0.6 is 11.6 Å². The van der Waals surface area contributed by atoms with Crippen LogP contribution in [-0.2, 0) is 9.59 Å². The first kappa shape index (κ1) is 15.6. The number of nitrogens with zero attached hydrogens (tertiary/aromatic N) is 1. The van der Waals surface area contributed by atoms with E-state index in [1.165, 1.54) is 4.90 Å². The molecule has 1 aliphatic rings. The van der Waals surface area contributed by atoms with Crippen LogP contribution in [-0.4, -0.2) is 17.9 Å². The van der Waals surface area contributed by atoms with Crippen molar-refractivity contribution in [2.45, 2.75) is 26.3 Å². The van der Waals surface area contributed by atoms with Gasteiger partial charge >= 0.3 is 0 Å². The zero-order chi connectivity index (χ0) is 16.6. The Balaban J connectivity index is 1.87. The molecule has 1 aliphatic heterocycles. The molecule has 4 nitrogen and oxygen atoms in total. The third kappa shape index (κ3) is 2.82. The number of aryl methyl sites for hydroxylation is 1. The molecule has 2 aromatic rings. The van der Waals surface area contributed by atoms with Crippen LogP contribution < -0.4 is 10.2 Å². The highest BCUT2D eigenvalue weighted by molar-refractivity contribution is 6.36. The van der Waals surface area contributed by atoms with Crippen LogP contribution in [0.4, 0.5) is 11.4 Å². The molecule has 5 heteroatoms. The Kier molecular flexibility index (Phi) is 4.09. The van der Waals surface area contributed by atoms with Crippen LogP contribution in [0, 0.1) is 13.8 Å². The molecule has 0 aromatic heterocycles. The van der Waals surface area contributed by atoms with Crippen LogP contribution in [0.3, 0.4) is 0 Å². The fraction of sp³-hybridized carbons (Fsp3) is 0.222. The molecule has 0 spiro atoms. The maximum atomic E-state index is 12.7. The molecular formula is C18H17ClN2O2. The average Bonchev–Trinajstić information content (AvgIpc) is 2.79. The van der Waals surface area contributed by atoms with Gasteiger partial charge in [0.05, 0.1) is 17.1 Å². The summed E-state index contributed by atoms with van der Waals surface area (Å²) in [5, 5.41) is 3.58. The molecule has 0 saturated carbocycles. The van der Waals surface area contributed by atoms with Crippen molar-refractivity contribution in [2.75, 3.05) is 10.2 Å². The highest BCUT2D eigenvalue weighted by Crippen LogP contribution is 2.31. The minimum atomic E-state index is -0.570. The van der Waals surface area contributed by atoms with Crippen LogP contribution in [0.1, 0.15) is 17.5 Å². The van der Waals surface area contributed by atoms with Crippen molar-refractivity contribution in [3.8, 4) is 0 Å². The number of halogens is 1. The summed E-state index contributed by atoms with van der Waals surface area (Å²) < 4.78 is 0. The van der Waals surface area contributed by atoms with Crippen LogP contribution in [0.25, 0.3) is 0 Å². The first-order valence-corrected chi connectivity index (χ1v) is 7.81. The minimum absolute atomic E-state index is 0.122. The van der Waals surface area contributed by atoms with Gasteiger partial charge in [0.2, 0.25) is 5.91 Å². The standard InChI is InChI=1S/C18H17ClN2O2/c1-11-6-5-8-14(12(11)2)20-15-10-17(22)21(18(15)23)16-9-4-3-7-13(16)19/h3-9,15,20H,10H2,1-2H3/t15-/m1/s1. The summed E-state index contributed by atoms with van der Waals surface area (Å²) in [4.78, 5) is 26.1. The maximum Gasteiger partial charge on any atom is 0.256 e. The number of carbonyl (C=O) groups excluding carboxylic acids is 2. The molecule has 118 valence electrons. The summed E-state index contributed by atoms with van der Waals surface area (Å²) >= 11 is 6.12. The Morgan fingerprint density at radius 2 is 1.83 bits per heavy atom. The van der Waals surface area contributed by atoms with E-state index < -0.39 is 6.04 Å². The molecular weight excluding hydrogens is 312 g/mol. The van der Waals surface area contributed by atoms with Crippen LogP contribution in [0.5, 0.6) is 0 Å². The van der Waals surface area contributed by atoms with E-state index in [9.17, 15) is 9.59 Å². The van der Waals surface area contributed by atoms with Gasteiger partial charge in [-0.1, -0.05) is 35.9 Å². The second kappa shape index (κ2) is 6.05. The average molecular weight is 329 g/mol. The van der Waals surface area contributed by atoms with Crippen molar-refractivity contribution in [1.82, 2.24) is 0 Å². The van der Waals surface area contributed by atoms with Gasteiger partial charge in [-0.3, -0.25) is 9.59 Å². The molecule has 0 aliphatic carbocycles. The third-order valence-electron chi connectivity index (χ3n) is 4.17. The van der Waals surface area contributed by atoms with Crippen molar-refractivity contribution >= 4 is 34.8 Å². The van der Waals surface area contributed by atoms with Gasteiger partial charge in [-0.2, -0.15) is 0 Å². The van der Waals surface area contributed by atoms with Gasteiger partial charge in [-0.05, 0) is 43.2 Å². The van der Waals surface area contributed by atoms with Gasteiger partial charge in [0, 0.05) is 5.69 Å². The lowest BCUT2D eigenvalue weighted by Gasteiger charge is -2.18. The van der Waals surface area contributed by atoms with E-state index in [1.807, 2.05) is 32.0 Å². The first-order chi connectivity index (χ1) is 11.0. The number of benzene rings is 2. The summed E-state index contributed by atoms with van der Waals surface area (Å²) in [6.07, 6.45) is 0.122. The van der Waals surface area contributed by atoms with Crippen molar-refractivity contribution < 1.29 is 9.59 Å². The van der Waals surface area contributed by atoms with E-state index in [2.05, 4.69) is 5.32 Å². The lowest BCUT2D eigenvalue weighted by atomic mass is 10.1. The highest BCUT2D eigenvalue weighted by Gasteiger charge is 2.40. The largest absolute Gasteiger partial charge is 0.373 e. The molecule has 1 fully saturated rings. The Morgan fingerprint density at radius 3 is 2.57 bits per heavy atom. The summed E-state index contributed by atoms with van der Waals surface area (Å²) in [7, 11) is 0. The first-order valence-electron chi connectivity index (χ1n) is 7.43. The normalized spacial score (nSPS) is 17.7. The van der Waals surface area contributed by atoms with Crippen molar-refractivity contribution in [3.05, 3.63) is 58.6 Å². The Hall–Kier alpha value is -2.33. The summed E-state index contributed by atoms with van der Waals surface area (Å²) in [6.45, 7) is 4.00. The summed E-state index contributed by atoms with van der Waals surface area (Å²) in [5.41, 5.74) is 3.52. The monoisotopic (exact) mass is 328 g/mol. The summed E-state index contributed by atoms with van der Waals surface area (Å²) in [5.74, 6) is -0.519. The zero-order valence-electron chi connectivity index (χ0n) is 13.0. The molecule has 1 atom stereocenters. The van der Waals surface area contributed by atoms with Gasteiger partial charge < -0.3 is 5.32 Å². The molecule has 0 radical (unpaired) electrons. The van der Waals surface area contributed by atoms with E-state index in [1.54, 1.807) is 24.3 Å². The minimum Gasteiger partial charge on any atom is -0.373 e. The number of hydrogen-bond acceptors (Lipinski definition) is 3.